The first-order valence-electron chi connectivity index (χ1n) is 10.8. The van der Waals surface area contributed by atoms with Crippen molar-refractivity contribution < 1.29 is 14.4 Å². The SMILES string of the molecule is CC(=O)c1nn(CC(=O)N(CC=O)C2CCC2)c2ccc(C#N)cc12.CNc1cccc(Cl)n1. The third-order valence-corrected chi connectivity index (χ3v) is 5.79. The fourth-order valence-corrected chi connectivity index (χ4v) is 3.79. The zero-order valence-corrected chi connectivity index (χ0v) is 19.7. The number of nitrogens with one attached hydrogen (secondary N) is 1. The van der Waals surface area contributed by atoms with Gasteiger partial charge in [0, 0.05) is 25.4 Å². The summed E-state index contributed by atoms with van der Waals surface area (Å²) in [4.78, 5) is 40.9. The lowest BCUT2D eigenvalue weighted by Crippen LogP contribution is -2.46. The molecule has 34 heavy (non-hydrogen) atoms. The van der Waals surface area contributed by atoms with E-state index in [0.717, 1.165) is 31.4 Å². The quantitative estimate of drug-likeness (QED) is 0.312. The van der Waals surface area contributed by atoms with Crippen molar-refractivity contribution in [2.24, 2.45) is 0 Å². The van der Waals surface area contributed by atoms with Crippen molar-refractivity contribution in [3.8, 4) is 6.07 Å². The Bertz CT molecular complexity index is 1250. The smallest absolute Gasteiger partial charge is 0.244 e. The van der Waals surface area contributed by atoms with Crippen LogP contribution < -0.4 is 5.32 Å². The molecule has 1 aromatic carbocycles. The molecule has 1 aliphatic rings. The zero-order valence-electron chi connectivity index (χ0n) is 19.0. The molecule has 0 aliphatic heterocycles. The molecule has 0 unspecified atom stereocenters. The predicted octanol–water partition coefficient (Wildman–Crippen LogP) is 3.47. The normalized spacial score (nSPS) is 12.6. The molecular weight excluding hydrogens is 456 g/mol. The third-order valence-electron chi connectivity index (χ3n) is 5.58. The summed E-state index contributed by atoms with van der Waals surface area (Å²) in [5, 5.41) is 17.3. The fraction of sp³-hybridized carbons (Fsp3) is 0.333. The van der Waals surface area contributed by atoms with Crippen molar-refractivity contribution in [3.63, 3.8) is 0 Å². The number of rotatable bonds is 7. The zero-order chi connectivity index (χ0) is 24.7. The average Bonchev–Trinajstić information content (AvgIpc) is 3.15. The number of aldehydes is 1. The maximum Gasteiger partial charge on any atom is 0.244 e. The van der Waals surface area contributed by atoms with Crippen LogP contribution in [-0.2, 0) is 16.1 Å². The lowest BCUT2D eigenvalue weighted by molar-refractivity contribution is -0.137. The number of nitrogens with zero attached hydrogens (tertiary/aromatic N) is 5. The predicted molar refractivity (Wildman–Crippen MR) is 129 cm³/mol. The van der Waals surface area contributed by atoms with Gasteiger partial charge in [-0.15, -0.1) is 0 Å². The molecule has 0 atom stereocenters. The number of Topliss-reactive ketones (excluding diaryl/α,β-unsaturated/α-hetero) is 1. The van der Waals surface area contributed by atoms with Gasteiger partial charge in [0.05, 0.1) is 23.7 Å². The first-order valence-corrected chi connectivity index (χ1v) is 11.2. The van der Waals surface area contributed by atoms with Crippen LogP contribution >= 0.6 is 11.6 Å². The molecule has 0 saturated heterocycles. The van der Waals surface area contributed by atoms with Gasteiger partial charge in [0.15, 0.2) is 5.78 Å². The number of aromatic nitrogens is 3. The van der Waals surface area contributed by atoms with Crippen molar-refractivity contribution in [2.75, 3.05) is 18.9 Å². The summed E-state index contributed by atoms with van der Waals surface area (Å²) in [6.07, 6.45) is 3.61. The van der Waals surface area contributed by atoms with E-state index in [1.807, 2.05) is 18.2 Å². The first kappa shape index (κ1) is 24.9. The molecule has 2 heterocycles. The van der Waals surface area contributed by atoms with Crippen molar-refractivity contribution in [2.45, 2.75) is 38.8 Å². The van der Waals surface area contributed by atoms with Gasteiger partial charge in [-0.3, -0.25) is 14.3 Å². The minimum Gasteiger partial charge on any atom is -0.373 e. The summed E-state index contributed by atoms with van der Waals surface area (Å²) in [6, 6.07) is 12.5. The Morgan fingerprint density at radius 3 is 2.62 bits per heavy atom. The summed E-state index contributed by atoms with van der Waals surface area (Å²) in [7, 11) is 1.80. The van der Waals surface area contributed by atoms with Gasteiger partial charge in [0.2, 0.25) is 5.91 Å². The standard InChI is InChI=1S/C18H18N4O3.C6H7ClN2/c1-12(24)18-15-9-13(10-19)5-6-16(15)22(20-18)11-17(25)21(7-8-23)14-3-2-4-14;1-8-6-4-2-3-5(7)9-6/h5-6,8-9,14H,2-4,7,11H2,1H3;2-4H,1H3,(H,8,9). The topological polar surface area (TPSA) is 121 Å². The second-order valence-electron chi connectivity index (χ2n) is 7.80. The summed E-state index contributed by atoms with van der Waals surface area (Å²) >= 11 is 5.57. The highest BCUT2D eigenvalue weighted by molar-refractivity contribution is 6.29. The molecule has 1 amide bonds. The van der Waals surface area contributed by atoms with E-state index in [0.29, 0.717) is 21.6 Å². The molecule has 1 saturated carbocycles. The molecule has 10 heteroatoms. The summed E-state index contributed by atoms with van der Waals surface area (Å²) < 4.78 is 1.48. The molecule has 1 fully saturated rings. The Kier molecular flexibility index (Phi) is 8.33. The van der Waals surface area contributed by atoms with Gasteiger partial charge in [-0.2, -0.15) is 10.4 Å². The van der Waals surface area contributed by atoms with E-state index in [1.165, 1.54) is 11.6 Å². The number of anilines is 1. The largest absolute Gasteiger partial charge is 0.373 e. The monoisotopic (exact) mass is 480 g/mol. The van der Waals surface area contributed by atoms with Crippen LogP contribution in [0, 0.1) is 11.3 Å². The molecule has 176 valence electrons. The number of pyridine rings is 1. The minimum absolute atomic E-state index is 0.0416. The van der Waals surface area contributed by atoms with E-state index >= 15 is 0 Å². The Balaban J connectivity index is 0.000000302. The molecule has 2 aromatic heterocycles. The van der Waals surface area contributed by atoms with E-state index in [1.54, 1.807) is 36.2 Å². The second-order valence-corrected chi connectivity index (χ2v) is 8.19. The molecule has 9 nitrogen and oxygen atoms in total. The molecule has 1 aliphatic carbocycles. The Hall–Kier alpha value is -3.77. The molecule has 0 radical (unpaired) electrons. The van der Waals surface area contributed by atoms with Crippen LogP contribution in [0.25, 0.3) is 10.9 Å². The van der Waals surface area contributed by atoms with Crippen LogP contribution in [0.1, 0.15) is 42.2 Å². The van der Waals surface area contributed by atoms with Gasteiger partial charge in [-0.05, 0) is 49.6 Å². The minimum atomic E-state index is -0.227. The number of hydrogen-bond acceptors (Lipinski definition) is 7. The lowest BCUT2D eigenvalue weighted by Gasteiger charge is -2.36. The van der Waals surface area contributed by atoms with Gasteiger partial charge in [0.25, 0.3) is 0 Å². The highest BCUT2D eigenvalue weighted by atomic mass is 35.5. The van der Waals surface area contributed by atoms with Crippen LogP contribution in [0.4, 0.5) is 5.82 Å². The Morgan fingerprint density at radius 2 is 2.09 bits per heavy atom. The summed E-state index contributed by atoms with van der Waals surface area (Å²) in [5.74, 6) is 0.373. The number of ketones is 1. The van der Waals surface area contributed by atoms with Crippen LogP contribution in [-0.4, -0.2) is 57.3 Å². The van der Waals surface area contributed by atoms with E-state index in [9.17, 15) is 14.4 Å². The van der Waals surface area contributed by atoms with Gasteiger partial charge < -0.3 is 15.0 Å². The average molecular weight is 481 g/mol. The van der Waals surface area contributed by atoms with Crippen LogP contribution in [0.5, 0.6) is 0 Å². The maximum absolute atomic E-state index is 12.7. The number of hydrogen-bond donors (Lipinski definition) is 1. The summed E-state index contributed by atoms with van der Waals surface area (Å²) in [6.45, 7) is 1.43. The van der Waals surface area contributed by atoms with Crippen molar-refractivity contribution in [1.82, 2.24) is 19.7 Å². The number of benzene rings is 1. The molecule has 1 N–H and O–H groups in total. The number of carbonyl (C=O) groups is 3. The van der Waals surface area contributed by atoms with E-state index in [2.05, 4.69) is 15.4 Å². The number of carbonyl (C=O) groups excluding carboxylic acids is 3. The van der Waals surface area contributed by atoms with E-state index in [-0.39, 0.29) is 36.5 Å². The maximum atomic E-state index is 12.7. The Morgan fingerprint density at radius 1 is 1.32 bits per heavy atom. The molecular formula is C24H25ClN6O3. The first-order chi connectivity index (χ1) is 16.4. The number of nitriles is 1. The molecule has 4 rings (SSSR count). The highest BCUT2D eigenvalue weighted by Crippen LogP contribution is 2.26. The number of amides is 1. The van der Waals surface area contributed by atoms with Gasteiger partial charge in [0.1, 0.15) is 29.5 Å². The van der Waals surface area contributed by atoms with Gasteiger partial charge in [-0.25, -0.2) is 4.98 Å². The third kappa shape index (κ3) is 5.77. The second kappa shape index (κ2) is 11.4. The summed E-state index contributed by atoms with van der Waals surface area (Å²) in [5.41, 5.74) is 1.29. The highest BCUT2D eigenvalue weighted by Gasteiger charge is 2.29. The molecule has 3 aromatic rings. The van der Waals surface area contributed by atoms with Gasteiger partial charge >= 0.3 is 0 Å². The van der Waals surface area contributed by atoms with Crippen molar-refractivity contribution >= 4 is 46.3 Å². The fourth-order valence-electron chi connectivity index (χ4n) is 3.63. The van der Waals surface area contributed by atoms with Crippen LogP contribution in [0.3, 0.4) is 0 Å². The van der Waals surface area contributed by atoms with Crippen molar-refractivity contribution in [3.05, 3.63) is 52.8 Å². The van der Waals surface area contributed by atoms with Gasteiger partial charge in [-0.1, -0.05) is 17.7 Å². The number of fused-ring (bicyclic) bond motifs is 1. The van der Waals surface area contributed by atoms with Crippen molar-refractivity contribution in [1.29, 1.82) is 5.26 Å². The van der Waals surface area contributed by atoms with E-state index in [4.69, 9.17) is 16.9 Å². The molecule has 0 spiro atoms. The number of halogens is 1. The van der Waals surface area contributed by atoms with Crippen LogP contribution in [0.15, 0.2) is 36.4 Å². The molecule has 0 bridgehead atoms. The van der Waals surface area contributed by atoms with E-state index < -0.39 is 0 Å². The van der Waals surface area contributed by atoms with Crippen LogP contribution in [0.2, 0.25) is 5.15 Å². The Labute approximate surface area is 202 Å². The lowest BCUT2D eigenvalue weighted by atomic mass is 9.91.